The SMILES string of the molecule is Cc1ccc(OCCc2ccc(CN3CCN(C(=O)/C=C/c4cc(C)c(Oc5ccc(OCc6cncs6)cn5)c(C)c4)CC3)cc2)cc1.Cl. The van der Waals surface area contributed by atoms with Gasteiger partial charge in [0.2, 0.25) is 11.8 Å². The molecule has 3 aromatic carbocycles. The van der Waals surface area contributed by atoms with Gasteiger partial charge in [-0.05, 0) is 85.0 Å². The van der Waals surface area contributed by atoms with Gasteiger partial charge in [0.05, 0.1) is 23.2 Å². The first kappa shape index (κ1) is 36.6. The van der Waals surface area contributed by atoms with E-state index < -0.39 is 0 Å². The molecule has 1 aliphatic heterocycles. The lowest BCUT2D eigenvalue weighted by Gasteiger charge is -2.34. The third-order valence-electron chi connectivity index (χ3n) is 8.47. The van der Waals surface area contributed by atoms with Crippen molar-refractivity contribution in [1.82, 2.24) is 19.8 Å². The Hall–Kier alpha value is -4.70. The van der Waals surface area contributed by atoms with Gasteiger partial charge in [0.25, 0.3) is 0 Å². The topological polar surface area (TPSA) is 77.0 Å². The molecule has 0 radical (unpaired) electrons. The number of hydrogen-bond donors (Lipinski definition) is 0. The van der Waals surface area contributed by atoms with Crippen LogP contribution in [0, 0.1) is 20.8 Å². The Kier molecular flexibility index (Phi) is 13.0. The number of piperazine rings is 1. The van der Waals surface area contributed by atoms with E-state index in [1.807, 2.05) is 55.2 Å². The summed E-state index contributed by atoms with van der Waals surface area (Å²) >= 11 is 1.55. The van der Waals surface area contributed by atoms with Crippen LogP contribution in [0.15, 0.2) is 96.8 Å². The normalized spacial score (nSPS) is 13.2. The zero-order valence-corrected chi connectivity index (χ0v) is 30.3. The van der Waals surface area contributed by atoms with Gasteiger partial charge < -0.3 is 19.1 Å². The molecule has 50 heavy (non-hydrogen) atoms. The summed E-state index contributed by atoms with van der Waals surface area (Å²) in [5, 5.41) is 0. The average Bonchev–Trinajstić information content (AvgIpc) is 3.64. The zero-order valence-electron chi connectivity index (χ0n) is 28.7. The molecular weight excluding hydrogens is 668 g/mol. The van der Waals surface area contributed by atoms with Crippen molar-refractivity contribution >= 4 is 35.7 Å². The Morgan fingerprint density at radius 1 is 0.840 bits per heavy atom. The molecule has 260 valence electrons. The maximum absolute atomic E-state index is 13.0. The van der Waals surface area contributed by atoms with Gasteiger partial charge in [0, 0.05) is 57.5 Å². The van der Waals surface area contributed by atoms with E-state index in [2.05, 4.69) is 58.2 Å². The molecule has 0 atom stereocenters. The van der Waals surface area contributed by atoms with E-state index in [9.17, 15) is 4.79 Å². The molecule has 1 aliphatic rings. The summed E-state index contributed by atoms with van der Waals surface area (Å²) in [6.07, 6.45) is 7.90. The Bertz CT molecular complexity index is 1820. The molecule has 5 aromatic rings. The number of carbonyl (C=O) groups excluding carboxylic acids is 1. The quantitative estimate of drug-likeness (QED) is 0.114. The van der Waals surface area contributed by atoms with Crippen LogP contribution in [0.3, 0.4) is 0 Å². The summed E-state index contributed by atoms with van der Waals surface area (Å²) in [5.74, 6) is 2.86. The minimum Gasteiger partial charge on any atom is -0.493 e. The van der Waals surface area contributed by atoms with Gasteiger partial charge in [-0.2, -0.15) is 0 Å². The van der Waals surface area contributed by atoms with E-state index in [4.69, 9.17) is 14.2 Å². The lowest BCUT2D eigenvalue weighted by atomic mass is 10.1. The number of amides is 1. The highest BCUT2D eigenvalue weighted by Crippen LogP contribution is 2.30. The van der Waals surface area contributed by atoms with Crippen molar-refractivity contribution in [2.45, 2.75) is 40.3 Å². The van der Waals surface area contributed by atoms with Crippen LogP contribution in [-0.4, -0.2) is 58.5 Å². The lowest BCUT2D eigenvalue weighted by molar-refractivity contribution is -0.127. The van der Waals surface area contributed by atoms with Crippen LogP contribution in [0.25, 0.3) is 6.08 Å². The molecule has 0 N–H and O–H groups in total. The van der Waals surface area contributed by atoms with Gasteiger partial charge >= 0.3 is 0 Å². The van der Waals surface area contributed by atoms with Crippen molar-refractivity contribution in [3.05, 3.63) is 135 Å². The highest BCUT2D eigenvalue weighted by molar-refractivity contribution is 7.09. The van der Waals surface area contributed by atoms with Crippen LogP contribution >= 0.6 is 23.7 Å². The number of thiazole rings is 1. The number of rotatable bonds is 13. The molecule has 6 rings (SSSR count). The summed E-state index contributed by atoms with van der Waals surface area (Å²) < 4.78 is 17.8. The smallest absolute Gasteiger partial charge is 0.246 e. The van der Waals surface area contributed by atoms with Crippen LogP contribution in [0.1, 0.15) is 38.3 Å². The van der Waals surface area contributed by atoms with Crippen molar-refractivity contribution in [2.24, 2.45) is 0 Å². The Balaban J connectivity index is 0.00000486. The Morgan fingerprint density at radius 2 is 1.54 bits per heavy atom. The Labute approximate surface area is 304 Å². The number of aromatic nitrogens is 2. The molecular formula is C40H43ClN4O4S. The van der Waals surface area contributed by atoms with Gasteiger partial charge in [-0.15, -0.1) is 23.7 Å². The number of halogens is 1. The molecule has 10 heteroatoms. The second-order valence-electron chi connectivity index (χ2n) is 12.3. The number of hydrogen-bond acceptors (Lipinski definition) is 8. The molecule has 0 aliphatic carbocycles. The summed E-state index contributed by atoms with van der Waals surface area (Å²) in [6, 6.07) is 24.7. The van der Waals surface area contributed by atoms with Crippen LogP contribution in [0.2, 0.25) is 0 Å². The minimum absolute atomic E-state index is 0. The largest absolute Gasteiger partial charge is 0.493 e. The molecule has 1 fully saturated rings. The number of nitrogens with zero attached hydrogens (tertiary/aromatic N) is 4. The standard InChI is InChI=1S/C40H42N4O4S.ClH/c1-29-4-11-35(12-5-29)46-21-16-32-6-8-33(9-7-32)26-43-17-19-44(20-18-43)39(45)15-10-34-22-30(2)40(31(3)23-34)48-38-14-13-36(24-42-38)47-27-37-25-41-28-49-37;/h4-15,22-25,28H,16-21,26-27H2,1-3H3;1H/b15-10+;. The molecule has 0 spiro atoms. The van der Waals surface area contributed by atoms with Crippen molar-refractivity contribution < 1.29 is 19.0 Å². The maximum Gasteiger partial charge on any atom is 0.246 e. The summed E-state index contributed by atoms with van der Waals surface area (Å²) in [4.78, 5) is 26.9. The first-order valence-corrected chi connectivity index (χ1v) is 17.5. The maximum atomic E-state index is 13.0. The van der Waals surface area contributed by atoms with Crippen LogP contribution < -0.4 is 14.2 Å². The van der Waals surface area contributed by atoms with Crippen LogP contribution in [-0.2, 0) is 24.4 Å². The lowest BCUT2D eigenvalue weighted by Crippen LogP contribution is -2.47. The van der Waals surface area contributed by atoms with Gasteiger partial charge in [-0.3, -0.25) is 14.7 Å². The van der Waals surface area contributed by atoms with E-state index in [1.165, 1.54) is 16.7 Å². The van der Waals surface area contributed by atoms with Crippen molar-refractivity contribution in [1.29, 1.82) is 0 Å². The van der Waals surface area contributed by atoms with E-state index in [0.717, 1.165) is 59.1 Å². The minimum atomic E-state index is 0. The number of ether oxygens (including phenoxy) is 3. The number of benzene rings is 3. The first-order chi connectivity index (χ1) is 23.9. The predicted molar refractivity (Wildman–Crippen MR) is 202 cm³/mol. The Morgan fingerprint density at radius 3 is 2.20 bits per heavy atom. The fourth-order valence-corrected chi connectivity index (χ4v) is 6.22. The predicted octanol–water partition coefficient (Wildman–Crippen LogP) is 8.24. The van der Waals surface area contributed by atoms with Crippen molar-refractivity contribution in [2.75, 3.05) is 32.8 Å². The third kappa shape index (κ3) is 10.4. The van der Waals surface area contributed by atoms with E-state index in [1.54, 1.807) is 41.4 Å². The van der Waals surface area contributed by atoms with Crippen molar-refractivity contribution in [3.8, 4) is 23.1 Å². The number of carbonyl (C=O) groups is 1. The highest BCUT2D eigenvalue weighted by atomic mass is 35.5. The molecule has 1 amide bonds. The number of aryl methyl sites for hydroxylation is 3. The van der Waals surface area contributed by atoms with Crippen molar-refractivity contribution in [3.63, 3.8) is 0 Å². The van der Waals surface area contributed by atoms with E-state index in [0.29, 0.717) is 37.9 Å². The summed E-state index contributed by atoms with van der Waals surface area (Å²) in [5.41, 5.74) is 8.46. The first-order valence-electron chi connectivity index (χ1n) is 16.6. The molecule has 0 unspecified atom stereocenters. The van der Waals surface area contributed by atoms with E-state index in [-0.39, 0.29) is 18.3 Å². The summed E-state index contributed by atoms with van der Waals surface area (Å²) in [6.45, 7) is 11.2. The van der Waals surface area contributed by atoms with Gasteiger partial charge in [-0.25, -0.2) is 4.98 Å². The molecule has 0 bridgehead atoms. The second-order valence-corrected chi connectivity index (χ2v) is 13.3. The second kappa shape index (κ2) is 17.8. The molecule has 8 nitrogen and oxygen atoms in total. The van der Waals surface area contributed by atoms with Crippen LogP contribution in [0.4, 0.5) is 0 Å². The third-order valence-corrected chi connectivity index (χ3v) is 9.23. The molecule has 3 heterocycles. The molecule has 1 saturated heterocycles. The van der Waals surface area contributed by atoms with Crippen LogP contribution in [0.5, 0.6) is 23.1 Å². The summed E-state index contributed by atoms with van der Waals surface area (Å²) in [7, 11) is 0. The van der Waals surface area contributed by atoms with Gasteiger partial charge in [0.1, 0.15) is 23.9 Å². The average molecular weight is 711 g/mol. The fraction of sp³-hybridized carbons (Fsp3) is 0.275. The fourth-order valence-electron chi connectivity index (χ4n) is 5.72. The zero-order chi connectivity index (χ0) is 34.0. The number of pyridine rings is 1. The van der Waals surface area contributed by atoms with Gasteiger partial charge in [0.15, 0.2) is 0 Å². The molecule has 0 saturated carbocycles. The monoisotopic (exact) mass is 710 g/mol. The van der Waals surface area contributed by atoms with Gasteiger partial charge in [-0.1, -0.05) is 42.0 Å². The highest BCUT2D eigenvalue weighted by Gasteiger charge is 2.20. The molecule has 2 aromatic heterocycles. The van der Waals surface area contributed by atoms with E-state index >= 15 is 0 Å².